The van der Waals surface area contributed by atoms with Crippen LogP contribution in [-0.2, 0) is 4.79 Å². The van der Waals surface area contributed by atoms with Crippen molar-refractivity contribution in [3.63, 3.8) is 0 Å². The topological polar surface area (TPSA) is 78.4 Å². The minimum absolute atomic E-state index is 0.0924. The minimum atomic E-state index is -4.35. The molecule has 1 atom stereocenters. The van der Waals surface area contributed by atoms with Crippen molar-refractivity contribution in [2.45, 2.75) is 24.8 Å². The molecule has 0 fully saturated rings. The summed E-state index contributed by atoms with van der Waals surface area (Å²) in [6, 6.07) is -2.48. The van der Waals surface area contributed by atoms with Gasteiger partial charge in [-0.1, -0.05) is 0 Å². The van der Waals surface area contributed by atoms with Gasteiger partial charge in [0.05, 0.1) is 6.54 Å². The maximum Gasteiger partial charge on any atom is 0.326 e. The van der Waals surface area contributed by atoms with Crippen molar-refractivity contribution in [3.8, 4) is 0 Å². The quantitative estimate of drug-likeness (QED) is 0.592. The molecule has 0 aromatic carbocycles. The number of urea groups is 1. The molecule has 3 N–H and O–H groups in total. The van der Waals surface area contributed by atoms with Gasteiger partial charge in [0.2, 0.25) is 0 Å². The zero-order chi connectivity index (χ0) is 15.1. The van der Waals surface area contributed by atoms with E-state index in [1.165, 1.54) is 17.1 Å². The molecule has 0 aromatic heterocycles. The van der Waals surface area contributed by atoms with Gasteiger partial charge in [0.15, 0.2) is 0 Å². The Kier molecular flexibility index (Phi) is 7.57. The number of amides is 2. The maximum atomic E-state index is 12.5. The number of alkyl halides is 4. The number of aliphatic carboxylic acids is 1. The normalized spacial score (nSPS) is 13.2. The number of carboxylic acids is 1. The number of rotatable bonds is 8. The molecule has 19 heavy (non-hydrogen) atoms. The number of thioether (sulfide) groups is 1. The van der Waals surface area contributed by atoms with Crippen LogP contribution in [0.1, 0.15) is 6.42 Å². The Morgan fingerprint density at radius 3 is 2.37 bits per heavy atom. The van der Waals surface area contributed by atoms with Gasteiger partial charge >= 0.3 is 24.3 Å². The van der Waals surface area contributed by atoms with Crippen LogP contribution in [0, 0.1) is 0 Å². The summed E-state index contributed by atoms with van der Waals surface area (Å²) in [5.74, 6) is -5.25. The average Bonchev–Trinajstić information content (AvgIpc) is 2.31. The molecule has 0 radical (unpaired) electrons. The summed E-state index contributed by atoms with van der Waals surface area (Å²) in [7, 11) is 0. The van der Waals surface area contributed by atoms with Crippen molar-refractivity contribution in [1.82, 2.24) is 10.6 Å². The van der Waals surface area contributed by atoms with Crippen molar-refractivity contribution in [1.29, 1.82) is 0 Å². The Morgan fingerprint density at radius 1 is 1.37 bits per heavy atom. The lowest BCUT2D eigenvalue weighted by atomic mass is 10.2. The van der Waals surface area contributed by atoms with Crippen LogP contribution in [0.25, 0.3) is 0 Å². The molecule has 0 bridgehead atoms. The number of hydrogen-bond donors (Lipinski definition) is 3. The van der Waals surface area contributed by atoms with E-state index < -0.39 is 36.9 Å². The van der Waals surface area contributed by atoms with Crippen LogP contribution in [-0.4, -0.2) is 54.1 Å². The molecule has 0 saturated carbocycles. The fraction of sp³-hybridized carbons (Fsp3) is 0.778. The van der Waals surface area contributed by atoms with Gasteiger partial charge in [-0.25, -0.2) is 18.4 Å². The second-order valence-electron chi connectivity index (χ2n) is 3.56. The van der Waals surface area contributed by atoms with Gasteiger partial charge in [0.1, 0.15) is 6.04 Å². The molecular formula is C9H14F4N2O3S. The summed E-state index contributed by atoms with van der Waals surface area (Å²) in [5, 5.41) is 12.2. The number of halogens is 4. The molecule has 112 valence electrons. The molecule has 1 unspecified atom stereocenters. The third kappa shape index (κ3) is 7.09. The third-order valence-electron chi connectivity index (χ3n) is 2.02. The highest BCUT2D eigenvalue weighted by Gasteiger charge is 2.41. The summed E-state index contributed by atoms with van der Waals surface area (Å²) < 4.78 is 48.6. The Bertz CT molecular complexity index is 318. The lowest BCUT2D eigenvalue weighted by Crippen LogP contribution is -2.50. The van der Waals surface area contributed by atoms with Gasteiger partial charge in [-0.15, -0.1) is 0 Å². The Hall–Kier alpha value is -1.19. The van der Waals surface area contributed by atoms with E-state index in [1.807, 2.05) is 5.32 Å². The van der Waals surface area contributed by atoms with Gasteiger partial charge in [-0.2, -0.15) is 20.5 Å². The van der Waals surface area contributed by atoms with Crippen molar-refractivity contribution < 1.29 is 32.3 Å². The Morgan fingerprint density at radius 2 is 1.95 bits per heavy atom. The standard InChI is InChI=1S/C9H14F4N2O3S/c1-19-3-2-5(6(16)17)15-8(18)14-4-9(12,13)7(10)11/h5,7H,2-4H2,1H3,(H,16,17)(H2,14,15,18). The van der Waals surface area contributed by atoms with Crippen LogP contribution in [0.4, 0.5) is 22.4 Å². The lowest BCUT2D eigenvalue weighted by Gasteiger charge is -2.18. The van der Waals surface area contributed by atoms with Crippen molar-refractivity contribution >= 4 is 23.8 Å². The molecule has 0 saturated heterocycles. The zero-order valence-electron chi connectivity index (χ0n) is 9.96. The van der Waals surface area contributed by atoms with Gasteiger partial charge in [-0.3, -0.25) is 0 Å². The summed E-state index contributed by atoms with van der Waals surface area (Å²) in [5.41, 5.74) is 0. The highest BCUT2D eigenvalue weighted by atomic mass is 32.2. The van der Waals surface area contributed by atoms with Crippen LogP contribution in [0.15, 0.2) is 0 Å². The van der Waals surface area contributed by atoms with Gasteiger partial charge < -0.3 is 15.7 Å². The largest absolute Gasteiger partial charge is 0.480 e. The highest BCUT2D eigenvalue weighted by Crippen LogP contribution is 2.21. The smallest absolute Gasteiger partial charge is 0.326 e. The zero-order valence-corrected chi connectivity index (χ0v) is 10.8. The fourth-order valence-corrected chi connectivity index (χ4v) is 1.45. The van der Waals surface area contributed by atoms with Crippen molar-refractivity contribution in [3.05, 3.63) is 0 Å². The molecule has 0 spiro atoms. The minimum Gasteiger partial charge on any atom is -0.480 e. The molecule has 0 heterocycles. The monoisotopic (exact) mass is 306 g/mol. The van der Waals surface area contributed by atoms with E-state index >= 15 is 0 Å². The molecule has 5 nitrogen and oxygen atoms in total. The first-order valence-electron chi connectivity index (χ1n) is 5.12. The van der Waals surface area contributed by atoms with Gasteiger partial charge in [0, 0.05) is 0 Å². The molecule has 0 aliphatic rings. The van der Waals surface area contributed by atoms with Crippen LogP contribution < -0.4 is 10.6 Å². The first-order chi connectivity index (χ1) is 8.70. The number of hydrogen-bond acceptors (Lipinski definition) is 3. The van der Waals surface area contributed by atoms with Crippen LogP contribution in [0.5, 0.6) is 0 Å². The van der Waals surface area contributed by atoms with Gasteiger partial charge in [0.25, 0.3) is 0 Å². The SMILES string of the molecule is CSCCC(NC(=O)NCC(F)(F)C(F)F)C(=O)O. The lowest BCUT2D eigenvalue weighted by molar-refractivity contribution is -0.139. The molecule has 0 aromatic rings. The highest BCUT2D eigenvalue weighted by molar-refractivity contribution is 7.98. The first-order valence-corrected chi connectivity index (χ1v) is 6.52. The summed E-state index contributed by atoms with van der Waals surface area (Å²) >= 11 is 1.34. The Balaban J connectivity index is 4.24. The third-order valence-corrected chi connectivity index (χ3v) is 2.66. The van der Waals surface area contributed by atoms with Crippen LogP contribution in [0.3, 0.4) is 0 Å². The summed E-state index contributed by atoms with van der Waals surface area (Å²) in [6.45, 7) is -1.56. The van der Waals surface area contributed by atoms with E-state index in [0.717, 1.165) is 0 Å². The molecule has 2 amide bonds. The van der Waals surface area contributed by atoms with Gasteiger partial charge in [-0.05, 0) is 18.4 Å². The Labute approximate surface area is 111 Å². The van der Waals surface area contributed by atoms with E-state index in [4.69, 9.17) is 5.11 Å². The summed E-state index contributed by atoms with van der Waals surface area (Å²) in [4.78, 5) is 21.9. The molecule has 0 aliphatic heterocycles. The van der Waals surface area contributed by atoms with E-state index in [2.05, 4.69) is 0 Å². The molecule has 0 aliphatic carbocycles. The van der Waals surface area contributed by atoms with E-state index in [1.54, 1.807) is 6.26 Å². The first kappa shape index (κ1) is 17.8. The van der Waals surface area contributed by atoms with Crippen molar-refractivity contribution in [2.75, 3.05) is 18.6 Å². The van der Waals surface area contributed by atoms with Crippen LogP contribution >= 0.6 is 11.8 Å². The second kappa shape index (κ2) is 8.08. The molecule has 0 rings (SSSR count). The van der Waals surface area contributed by atoms with E-state index in [0.29, 0.717) is 5.75 Å². The number of carbonyl (C=O) groups excluding carboxylic acids is 1. The maximum absolute atomic E-state index is 12.5. The van der Waals surface area contributed by atoms with Crippen molar-refractivity contribution in [2.24, 2.45) is 0 Å². The number of carboxylic acid groups (broad SMARTS) is 1. The number of nitrogens with one attached hydrogen (secondary N) is 2. The second-order valence-corrected chi connectivity index (χ2v) is 4.55. The fourth-order valence-electron chi connectivity index (χ4n) is 0.978. The number of carbonyl (C=O) groups is 2. The predicted octanol–water partition coefficient (Wildman–Crippen LogP) is 1.39. The average molecular weight is 306 g/mol. The summed E-state index contributed by atoms with van der Waals surface area (Å²) in [6.07, 6.45) is -2.09. The predicted molar refractivity (Wildman–Crippen MR) is 61.9 cm³/mol. The van der Waals surface area contributed by atoms with E-state index in [-0.39, 0.29) is 6.42 Å². The van der Waals surface area contributed by atoms with E-state index in [9.17, 15) is 27.2 Å². The molecular weight excluding hydrogens is 292 g/mol. The molecule has 10 heteroatoms. The van der Waals surface area contributed by atoms with Crippen LogP contribution in [0.2, 0.25) is 0 Å².